The number of hydrogen-bond donors (Lipinski definition) is 3. The molecule has 4 heterocycles. The van der Waals surface area contributed by atoms with Crippen LogP contribution in [0, 0.1) is 5.41 Å². The summed E-state index contributed by atoms with van der Waals surface area (Å²) in [6.07, 6.45) is 5.95. The minimum atomic E-state index is -2.35. The van der Waals surface area contributed by atoms with E-state index in [0.29, 0.717) is 25.7 Å². The number of rotatable bonds is 13. The number of unbranched alkanes of at least 4 members (excludes halogenated alkanes) is 4. The summed E-state index contributed by atoms with van der Waals surface area (Å²) in [6, 6.07) is 0. The molecular formula is C43H66O15. The highest BCUT2D eigenvalue weighted by Gasteiger charge is 2.57. The number of esters is 4. The highest BCUT2D eigenvalue weighted by Crippen LogP contribution is 2.47. The van der Waals surface area contributed by atoms with E-state index < -0.39 is 84.6 Å². The molecule has 3 unspecified atom stereocenters. The summed E-state index contributed by atoms with van der Waals surface area (Å²) in [4.78, 5) is 52.0. The van der Waals surface area contributed by atoms with Crippen molar-refractivity contribution in [1.29, 1.82) is 0 Å². The van der Waals surface area contributed by atoms with Gasteiger partial charge in [0.25, 0.3) is 0 Å². The summed E-state index contributed by atoms with van der Waals surface area (Å²) in [5.41, 5.74) is -1.22. The Hall–Kier alpha value is -3.18. The van der Waals surface area contributed by atoms with Crippen LogP contribution in [0.15, 0.2) is 36.5 Å². The fourth-order valence-electron chi connectivity index (χ4n) is 8.08. The number of fused-ring (bicyclic) bond motifs is 6. The molecular weight excluding hydrogens is 756 g/mol. The molecule has 0 aromatic heterocycles. The second-order valence-electron chi connectivity index (χ2n) is 16.5. The molecule has 0 radical (unpaired) electrons. The van der Waals surface area contributed by atoms with Crippen molar-refractivity contribution in [3.63, 3.8) is 0 Å². The Morgan fingerprint density at radius 2 is 1.66 bits per heavy atom. The summed E-state index contributed by atoms with van der Waals surface area (Å²) in [5, 5.41) is 34.0. The molecule has 10 atom stereocenters. The zero-order valence-electron chi connectivity index (χ0n) is 34.7. The van der Waals surface area contributed by atoms with Gasteiger partial charge >= 0.3 is 23.9 Å². The third-order valence-electron chi connectivity index (χ3n) is 11.2. The average molecular weight is 823 g/mol. The average Bonchev–Trinajstić information content (AvgIpc) is 3.16. The van der Waals surface area contributed by atoms with Crippen molar-refractivity contribution in [3.05, 3.63) is 36.5 Å². The molecule has 0 aliphatic carbocycles. The lowest BCUT2D eigenvalue weighted by Gasteiger charge is -2.51. The first-order chi connectivity index (χ1) is 27.7. The molecule has 0 aromatic rings. The van der Waals surface area contributed by atoms with Crippen LogP contribution in [0.25, 0.3) is 0 Å². The normalized spacial score (nSPS) is 34.5. The third kappa shape index (κ3) is 14.2. The van der Waals surface area contributed by atoms with Crippen LogP contribution in [0.4, 0.5) is 0 Å². The topological polar surface area (TPSA) is 203 Å². The molecule has 58 heavy (non-hydrogen) atoms. The maximum absolute atomic E-state index is 13.4. The Kier molecular flexibility index (Phi) is 18.8. The molecule has 15 heteroatoms. The number of aliphatic hydroxyl groups excluding tert-OH is 2. The maximum atomic E-state index is 13.4. The zero-order valence-corrected chi connectivity index (χ0v) is 34.7. The van der Waals surface area contributed by atoms with Crippen LogP contribution in [0.2, 0.25) is 0 Å². The molecule has 6 bridgehead atoms. The summed E-state index contributed by atoms with van der Waals surface area (Å²) < 4.78 is 47.3. The van der Waals surface area contributed by atoms with E-state index in [1.54, 1.807) is 26.0 Å². The predicted molar refractivity (Wildman–Crippen MR) is 209 cm³/mol. The van der Waals surface area contributed by atoms with Gasteiger partial charge in [0.2, 0.25) is 5.79 Å². The monoisotopic (exact) mass is 822 g/mol. The lowest BCUT2D eigenvalue weighted by atomic mass is 9.74. The maximum Gasteiger partial charge on any atom is 0.330 e. The van der Waals surface area contributed by atoms with Gasteiger partial charge in [-0.05, 0) is 43.8 Å². The minimum absolute atomic E-state index is 0.0449. The lowest BCUT2D eigenvalue weighted by molar-refractivity contribution is -0.327. The van der Waals surface area contributed by atoms with Gasteiger partial charge in [0.05, 0.1) is 63.2 Å². The summed E-state index contributed by atoms with van der Waals surface area (Å²) in [6.45, 7) is 8.47. The van der Waals surface area contributed by atoms with Gasteiger partial charge in [-0.15, -0.1) is 0 Å². The number of methoxy groups -OCH3 is 1. The molecule has 4 aliphatic rings. The van der Waals surface area contributed by atoms with Crippen LogP contribution in [-0.2, 0) is 57.1 Å². The summed E-state index contributed by atoms with van der Waals surface area (Å²) in [7, 11) is 1.20. The van der Waals surface area contributed by atoms with Gasteiger partial charge in [-0.3, -0.25) is 14.4 Å². The van der Waals surface area contributed by atoms with Crippen LogP contribution >= 0.6 is 0 Å². The Balaban J connectivity index is 1.74. The Bertz CT molecular complexity index is 1430. The second kappa shape index (κ2) is 23.0. The van der Waals surface area contributed by atoms with Crippen LogP contribution in [0.1, 0.15) is 124 Å². The summed E-state index contributed by atoms with van der Waals surface area (Å²) in [5.74, 6) is -4.90. The third-order valence-corrected chi connectivity index (χ3v) is 11.2. The molecule has 3 fully saturated rings. The van der Waals surface area contributed by atoms with Gasteiger partial charge in [-0.2, -0.15) is 0 Å². The van der Waals surface area contributed by atoms with Crippen LogP contribution in [0.5, 0.6) is 0 Å². The highest BCUT2D eigenvalue weighted by molar-refractivity contribution is 5.83. The van der Waals surface area contributed by atoms with Crippen molar-refractivity contribution >= 4 is 23.9 Å². The highest BCUT2D eigenvalue weighted by atomic mass is 16.7. The molecule has 15 nitrogen and oxygen atoms in total. The number of carbonyl (C=O) groups is 4. The van der Waals surface area contributed by atoms with Gasteiger partial charge in [0.1, 0.15) is 12.7 Å². The smallest absolute Gasteiger partial charge is 0.330 e. The van der Waals surface area contributed by atoms with Crippen molar-refractivity contribution in [1.82, 2.24) is 0 Å². The molecule has 4 aliphatic heterocycles. The van der Waals surface area contributed by atoms with E-state index in [0.717, 1.165) is 44.6 Å². The Morgan fingerprint density at radius 1 is 0.931 bits per heavy atom. The van der Waals surface area contributed by atoms with Gasteiger partial charge in [0.15, 0.2) is 12.4 Å². The molecule has 3 saturated heterocycles. The van der Waals surface area contributed by atoms with Gasteiger partial charge < -0.3 is 53.2 Å². The largest absolute Gasteiger partial charge is 0.466 e. The van der Waals surface area contributed by atoms with E-state index in [-0.39, 0.29) is 62.9 Å². The fourth-order valence-corrected chi connectivity index (χ4v) is 8.08. The zero-order chi connectivity index (χ0) is 42.3. The number of cyclic esters (lactones) is 1. The molecule has 0 saturated carbocycles. The predicted octanol–water partition coefficient (Wildman–Crippen LogP) is 4.81. The van der Waals surface area contributed by atoms with Crippen LogP contribution in [-0.4, -0.2) is 120 Å². The van der Waals surface area contributed by atoms with Gasteiger partial charge in [0, 0.05) is 43.6 Å². The van der Waals surface area contributed by atoms with Crippen molar-refractivity contribution in [2.45, 2.75) is 184 Å². The van der Waals surface area contributed by atoms with Crippen LogP contribution in [0.3, 0.4) is 0 Å². The molecule has 0 aromatic carbocycles. The van der Waals surface area contributed by atoms with E-state index in [4.69, 9.17) is 37.9 Å². The SMILES string of the molecule is C=CCOC(=O)C[C@H]1CC2CC3CCC[C@@H](C[C@@H](O)CC(=O)OC(CO)C[C@@H]4C/C(=C\C(=O)OC)[C@H](OC(=O)CCCCCCC)[C@@](O)(O4)C(C)(C)/C=C/[C@H](O2)O1)O3. The quantitative estimate of drug-likeness (QED) is 0.0750. The molecule has 0 spiro atoms. The van der Waals surface area contributed by atoms with E-state index in [9.17, 15) is 34.5 Å². The van der Waals surface area contributed by atoms with E-state index >= 15 is 0 Å². The lowest BCUT2D eigenvalue weighted by Crippen LogP contribution is -2.62. The van der Waals surface area contributed by atoms with Crippen molar-refractivity contribution < 1.29 is 72.4 Å². The summed E-state index contributed by atoms with van der Waals surface area (Å²) >= 11 is 0. The Morgan fingerprint density at radius 3 is 2.36 bits per heavy atom. The number of hydrogen-bond acceptors (Lipinski definition) is 15. The number of ether oxygens (including phenoxy) is 8. The molecule has 0 amide bonds. The van der Waals surface area contributed by atoms with E-state index in [1.165, 1.54) is 13.2 Å². The Labute approximate surface area is 342 Å². The van der Waals surface area contributed by atoms with E-state index in [1.807, 2.05) is 0 Å². The van der Waals surface area contributed by atoms with Crippen molar-refractivity contribution in [2.24, 2.45) is 5.41 Å². The van der Waals surface area contributed by atoms with E-state index in [2.05, 4.69) is 13.5 Å². The number of aliphatic hydroxyl groups is 3. The standard InChI is InChI=1S/C43H66O15/c1-6-8-9-10-11-15-36(46)57-41-28(20-37(47)51-5)19-34-25-35(27-44)54-39(49)22-29(45)21-30-13-12-14-31(53-30)23-32-24-33(26-38(48)52-18-7-2)56-40(55-32)16-17-42(3,4)43(41,50)58-34/h7,16-17,20,29-35,40-41,44-45,50H,2,6,8-15,18-19,21-27H2,1,3-5H3/b17-16+,28-20+/t29-,30+,31?,32?,33-,34+,35?,40-,41+,43-/m1/s1. The van der Waals surface area contributed by atoms with Crippen LogP contribution < -0.4 is 0 Å². The molecule has 328 valence electrons. The molecule has 4 rings (SSSR count). The minimum Gasteiger partial charge on any atom is -0.466 e. The second-order valence-corrected chi connectivity index (χ2v) is 16.5. The van der Waals surface area contributed by atoms with Gasteiger partial charge in [-0.25, -0.2) is 4.79 Å². The van der Waals surface area contributed by atoms with Crippen molar-refractivity contribution in [3.8, 4) is 0 Å². The van der Waals surface area contributed by atoms with Crippen molar-refractivity contribution in [2.75, 3.05) is 20.3 Å². The first kappa shape index (κ1) is 47.5. The number of carbonyl (C=O) groups excluding carboxylic acids is 4. The van der Waals surface area contributed by atoms with Gasteiger partial charge in [-0.1, -0.05) is 65.2 Å². The molecule has 3 N–H and O–H groups in total. The fraction of sp³-hybridized carbons (Fsp3) is 0.767. The first-order valence-electron chi connectivity index (χ1n) is 21.0. The first-order valence-corrected chi connectivity index (χ1v) is 21.0.